The zero-order valence-electron chi connectivity index (χ0n) is 14.5. The number of nitrogens with zero attached hydrogens (tertiary/aromatic N) is 5. The molecule has 0 amide bonds. The van der Waals surface area contributed by atoms with Gasteiger partial charge in [-0.25, -0.2) is 19.0 Å². The molecule has 1 saturated heterocycles. The van der Waals surface area contributed by atoms with Crippen LogP contribution in [0.25, 0.3) is 16.7 Å². The third-order valence-electron chi connectivity index (χ3n) is 4.39. The van der Waals surface area contributed by atoms with Crippen LogP contribution < -0.4 is 4.90 Å². The van der Waals surface area contributed by atoms with Gasteiger partial charge in [-0.2, -0.15) is 5.10 Å². The van der Waals surface area contributed by atoms with Crippen molar-refractivity contribution in [1.82, 2.24) is 19.7 Å². The molecule has 0 N–H and O–H groups in total. The Kier molecular flexibility index (Phi) is 3.88. The minimum atomic E-state index is -0.302. The molecule has 6 nitrogen and oxygen atoms in total. The molecular formula is C18H20FN5O. The number of ether oxygens (including phenoxy) is 1. The molecule has 1 aliphatic heterocycles. The van der Waals surface area contributed by atoms with E-state index in [-0.39, 0.29) is 18.0 Å². The van der Waals surface area contributed by atoms with Crippen LogP contribution in [-0.2, 0) is 4.74 Å². The Labute approximate surface area is 145 Å². The second kappa shape index (κ2) is 6.07. The van der Waals surface area contributed by atoms with Gasteiger partial charge in [-0.3, -0.25) is 0 Å². The van der Waals surface area contributed by atoms with Crippen LogP contribution in [0.5, 0.6) is 0 Å². The lowest BCUT2D eigenvalue weighted by molar-refractivity contribution is -0.00537. The Bertz CT molecular complexity index is 915. The van der Waals surface area contributed by atoms with Gasteiger partial charge in [0.05, 0.1) is 29.0 Å². The molecular weight excluding hydrogens is 321 g/mol. The summed E-state index contributed by atoms with van der Waals surface area (Å²) in [5.41, 5.74) is 2.15. The first-order valence-corrected chi connectivity index (χ1v) is 8.39. The van der Waals surface area contributed by atoms with E-state index in [9.17, 15) is 4.39 Å². The molecule has 2 unspecified atom stereocenters. The fraction of sp³-hybridized carbons (Fsp3) is 0.389. The number of hydrogen-bond acceptors (Lipinski definition) is 5. The van der Waals surface area contributed by atoms with Crippen LogP contribution in [0, 0.1) is 12.7 Å². The van der Waals surface area contributed by atoms with Gasteiger partial charge in [0.1, 0.15) is 18.0 Å². The van der Waals surface area contributed by atoms with E-state index in [1.54, 1.807) is 17.1 Å². The average molecular weight is 341 g/mol. The maximum Gasteiger partial charge on any atom is 0.168 e. The number of benzene rings is 1. The molecule has 1 aromatic carbocycles. The van der Waals surface area contributed by atoms with E-state index in [2.05, 4.69) is 33.8 Å². The first kappa shape index (κ1) is 16.0. The number of aromatic nitrogens is 4. The SMILES string of the molecule is Cc1nn(-c2cccc(F)c2)c2ncnc(N3CC(C)OC(C)C3)c12. The Morgan fingerprint density at radius 1 is 1.16 bits per heavy atom. The van der Waals surface area contributed by atoms with Gasteiger partial charge in [-0.05, 0) is 39.0 Å². The van der Waals surface area contributed by atoms with Gasteiger partial charge in [0.2, 0.25) is 0 Å². The fourth-order valence-corrected chi connectivity index (χ4v) is 3.48. The molecule has 0 bridgehead atoms. The number of hydrogen-bond donors (Lipinski definition) is 0. The summed E-state index contributed by atoms with van der Waals surface area (Å²) in [4.78, 5) is 11.1. The van der Waals surface area contributed by atoms with Crippen molar-refractivity contribution < 1.29 is 9.13 Å². The monoisotopic (exact) mass is 341 g/mol. The summed E-state index contributed by atoms with van der Waals surface area (Å²) in [7, 11) is 0. The zero-order valence-corrected chi connectivity index (χ0v) is 14.5. The largest absolute Gasteiger partial charge is 0.372 e. The number of rotatable bonds is 2. The summed E-state index contributed by atoms with van der Waals surface area (Å²) in [5.74, 6) is 0.552. The van der Waals surface area contributed by atoms with Crippen LogP contribution in [0.1, 0.15) is 19.5 Å². The van der Waals surface area contributed by atoms with E-state index < -0.39 is 0 Å². The maximum absolute atomic E-state index is 13.6. The number of anilines is 1. The number of aryl methyl sites for hydroxylation is 1. The molecule has 2 atom stereocenters. The van der Waals surface area contributed by atoms with Crippen LogP contribution in [0.2, 0.25) is 0 Å². The van der Waals surface area contributed by atoms with Crippen molar-refractivity contribution in [3.8, 4) is 5.69 Å². The van der Waals surface area contributed by atoms with Gasteiger partial charge in [0.25, 0.3) is 0 Å². The van der Waals surface area contributed by atoms with E-state index in [4.69, 9.17) is 4.74 Å². The van der Waals surface area contributed by atoms with Crippen molar-refractivity contribution in [2.45, 2.75) is 33.0 Å². The second-order valence-electron chi connectivity index (χ2n) is 6.54. The van der Waals surface area contributed by atoms with Gasteiger partial charge in [0, 0.05) is 13.1 Å². The Morgan fingerprint density at radius 3 is 2.64 bits per heavy atom. The minimum Gasteiger partial charge on any atom is -0.372 e. The molecule has 0 aliphatic carbocycles. The smallest absolute Gasteiger partial charge is 0.168 e. The summed E-state index contributed by atoms with van der Waals surface area (Å²) in [6, 6.07) is 6.35. The second-order valence-corrected chi connectivity index (χ2v) is 6.54. The van der Waals surface area contributed by atoms with Crippen molar-refractivity contribution in [3.63, 3.8) is 0 Å². The normalized spacial score (nSPS) is 21.0. The van der Waals surface area contributed by atoms with Gasteiger partial charge in [-0.15, -0.1) is 0 Å². The van der Waals surface area contributed by atoms with E-state index in [0.717, 1.165) is 30.0 Å². The van der Waals surface area contributed by atoms with E-state index in [1.165, 1.54) is 12.1 Å². The number of morpholine rings is 1. The number of halogens is 1. The van der Waals surface area contributed by atoms with Crippen LogP contribution >= 0.6 is 0 Å². The van der Waals surface area contributed by atoms with Crippen LogP contribution in [0.15, 0.2) is 30.6 Å². The lowest BCUT2D eigenvalue weighted by Crippen LogP contribution is -2.46. The van der Waals surface area contributed by atoms with Crippen molar-refractivity contribution >= 4 is 16.9 Å². The molecule has 25 heavy (non-hydrogen) atoms. The highest BCUT2D eigenvalue weighted by Crippen LogP contribution is 2.29. The maximum atomic E-state index is 13.6. The molecule has 3 heterocycles. The highest BCUT2D eigenvalue weighted by molar-refractivity contribution is 5.90. The minimum absolute atomic E-state index is 0.132. The summed E-state index contributed by atoms with van der Waals surface area (Å²) in [6.45, 7) is 7.58. The third kappa shape index (κ3) is 2.84. The molecule has 4 rings (SSSR count). The fourth-order valence-electron chi connectivity index (χ4n) is 3.48. The van der Waals surface area contributed by atoms with Crippen LogP contribution in [0.3, 0.4) is 0 Å². The van der Waals surface area contributed by atoms with E-state index in [1.807, 2.05) is 13.0 Å². The highest BCUT2D eigenvalue weighted by Gasteiger charge is 2.26. The quantitative estimate of drug-likeness (QED) is 0.717. The third-order valence-corrected chi connectivity index (χ3v) is 4.39. The molecule has 0 radical (unpaired) electrons. The zero-order chi connectivity index (χ0) is 17.6. The van der Waals surface area contributed by atoms with Crippen molar-refractivity contribution in [3.05, 3.63) is 42.1 Å². The number of fused-ring (bicyclic) bond motifs is 1. The molecule has 130 valence electrons. The standard InChI is InChI=1S/C18H20FN5O/c1-11-8-23(9-12(2)25-11)17-16-13(3)22-24(18(16)21-10-20-17)15-6-4-5-14(19)7-15/h4-7,10-12H,8-9H2,1-3H3. The molecule has 3 aromatic rings. The van der Waals surface area contributed by atoms with Gasteiger partial charge >= 0.3 is 0 Å². The van der Waals surface area contributed by atoms with Gasteiger partial charge in [-0.1, -0.05) is 6.07 Å². The Hall–Kier alpha value is -2.54. The Balaban J connectivity index is 1.85. The topological polar surface area (TPSA) is 56.1 Å². The molecule has 7 heteroatoms. The van der Waals surface area contributed by atoms with Gasteiger partial charge < -0.3 is 9.64 Å². The summed E-state index contributed by atoms with van der Waals surface area (Å²) in [6.07, 6.45) is 1.80. The van der Waals surface area contributed by atoms with Crippen LogP contribution in [-0.4, -0.2) is 45.0 Å². The lowest BCUT2D eigenvalue weighted by atomic mass is 10.2. The van der Waals surface area contributed by atoms with Crippen LogP contribution in [0.4, 0.5) is 10.2 Å². The summed E-state index contributed by atoms with van der Waals surface area (Å²) >= 11 is 0. The van der Waals surface area contributed by atoms with E-state index in [0.29, 0.717) is 11.3 Å². The van der Waals surface area contributed by atoms with Gasteiger partial charge in [0.15, 0.2) is 5.65 Å². The first-order chi connectivity index (χ1) is 12.0. The highest BCUT2D eigenvalue weighted by atomic mass is 19.1. The molecule has 2 aromatic heterocycles. The van der Waals surface area contributed by atoms with Crippen molar-refractivity contribution in [2.24, 2.45) is 0 Å². The van der Waals surface area contributed by atoms with Crippen molar-refractivity contribution in [2.75, 3.05) is 18.0 Å². The average Bonchev–Trinajstić information content (AvgIpc) is 2.91. The summed E-state index contributed by atoms with van der Waals surface area (Å²) < 4.78 is 21.1. The molecule has 0 spiro atoms. The van der Waals surface area contributed by atoms with E-state index >= 15 is 0 Å². The molecule has 1 aliphatic rings. The molecule has 0 saturated carbocycles. The predicted molar refractivity (Wildman–Crippen MR) is 93.6 cm³/mol. The first-order valence-electron chi connectivity index (χ1n) is 8.39. The van der Waals surface area contributed by atoms with Crippen molar-refractivity contribution in [1.29, 1.82) is 0 Å². The Morgan fingerprint density at radius 2 is 1.92 bits per heavy atom. The molecule has 1 fully saturated rings. The predicted octanol–water partition coefficient (Wildman–Crippen LogP) is 2.88. The summed E-state index contributed by atoms with van der Waals surface area (Å²) in [5, 5.41) is 5.48. The lowest BCUT2D eigenvalue weighted by Gasteiger charge is -2.36.